The number of rotatable bonds is 3. The third-order valence-electron chi connectivity index (χ3n) is 1.85. The number of hydrogen-bond donors (Lipinski definition) is 2. The summed E-state index contributed by atoms with van der Waals surface area (Å²) in [5.41, 5.74) is -0.487. The van der Waals surface area contributed by atoms with Crippen LogP contribution in [0.1, 0.15) is 18.2 Å². The van der Waals surface area contributed by atoms with Crippen molar-refractivity contribution in [2.24, 2.45) is 0 Å². The van der Waals surface area contributed by atoms with Crippen LogP contribution in [0.5, 0.6) is 0 Å². The van der Waals surface area contributed by atoms with Gasteiger partial charge >= 0.3 is 11.7 Å². The van der Waals surface area contributed by atoms with E-state index in [2.05, 4.69) is 14.7 Å². The minimum atomic E-state index is -0.573. The average molecular weight is 224 g/mol. The van der Waals surface area contributed by atoms with Gasteiger partial charge < -0.3 is 9.72 Å². The molecule has 1 heterocycles. The summed E-state index contributed by atoms with van der Waals surface area (Å²) in [5.74, 6) is -0.535. The highest BCUT2D eigenvalue weighted by atomic mass is 16.5. The molecule has 0 atom stereocenters. The van der Waals surface area contributed by atoms with Crippen molar-refractivity contribution in [1.82, 2.24) is 9.97 Å². The molecule has 0 aliphatic heterocycles. The van der Waals surface area contributed by atoms with Crippen LogP contribution in [0.15, 0.2) is 15.7 Å². The van der Waals surface area contributed by atoms with Gasteiger partial charge in [-0.05, 0) is 19.9 Å². The molecular weight excluding hydrogens is 212 g/mol. The number of esters is 1. The van der Waals surface area contributed by atoms with Gasteiger partial charge in [-0.3, -0.25) is 9.78 Å². The maximum atomic E-state index is 11.4. The summed E-state index contributed by atoms with van der Waals surface area (Å²) >= 11 is 0. The highest BCUT2D eigenvalue weighted by Gasteiger charge is 2.02. The third-order valence-corrected chi connectivity index (χ3v) is 1.85. The Balaban J connectivity index is 3.03. The van der Waals surface area contributed by atoms with E-state index in [1.165, 1.54) is 6.08 Å². The van der Waals surface area contributed by atoms with E-state index in [-0.39, 0.29) is 12.2 Å². The third kappa shape index (κ3) is 2.94. The van der Waals surface area contributed by atoms with Crippen LogP contribution in [-0.2, 0) is 9.53 Å². The quantitative estimate of drug-likeness (QED) is 0.556. The van der Waals surface area contributed by atoms with Crippen LogP contribution in [0, 0.1) is 6.92 Å². The van der Waals surface area contributed by atoms with E-state index in [0.29, 0.717) is 5.69 Å². The van der Waals surface area contributed by atoms with Crippen molar-refractivity contribution in [2.75, 3.05) is 6.61 Å². The summed E-state index contributed by atoms with van der Waals surface area (Å²) in [6.45, 7) is 3.52. The first-order valence-corrected chi connectivity index (χ1v) is 4.72. The van der Waals surface area contributed by atoms with Crippen molar-refractivity contribution < 1.29 is 9.53 Å². The first-order chi connectivity index (χ1) is 7.54. The minimum absolute atomic E-state index is 0.229. The zero-order valence-electron chi connectivity index (χ0n) is 8.99. The summed E-state index contributed by atoms with van der Waals surface area (Å²) in [6, 6.07) is 0. The Kier molecular flexibility index (Phi) is 3.82. The lowest BCUT2D eigenvalue weighted by Gasteiger charge is -1.98. The summed E-state index contributed by atoms with van der Waals surface area (Å²) in [7, 11) is 0. The van der Waals surface area contributed by atoms with Gasteiger partial charge in [-0.1, -0.05) is 0 Å². The number of nitrogens with one attached hydrogen (secondary N) is 2. The zero-order valence-corrected chi connectivity index (χ0v) is 8.99. The van der Waals surface area contributed by atoms with Crippen molar-refractivity contribution >= 4 is 12.0 Å². The smallest absolute Gasteiger partial charge is 0.330 e. The Morgan fingerprint density at radius 3 is 2.62 bits per heavy atom. The fourth-order valence-corrected chi connectivity index (χ4v) is 1.15. The normalized spacial score (nSPS) is 10.6. The fraction of sp³-hybridized carbons (Fsp3) is 0.300. The SMILES string of the molecule is CCOC(=O)/C=C/c1c(C)[nH]c(=O)[nH]c1=O. The van der Waals surface area contributed by atoms with Gasteiger partial charge in [0.05, 0.1) is 12.2 Å². The summed E-state index contributed by atoms with van der Waals surface area (Å²) in [6.07, 6.45) is 2.45. The molecule has 2 N–H and O–H groups in total. The van der Waals surface area contributed by atoms with Gasteiger partial charge in [0, 0.05) is 11.8 Å². The van der Waals surface area contributed by atoms with Crippen LogP contribution in [0.3, 0.4) is 0 Å². The Labute approximate surface area is 91.0 Å². The molecule has 6 heteroatoms. The molecule has 0 aliphatic carbocycles. The van der Waals surface area contributed by atoms with Crippen molar-refractivity contribution in [3.63, 3.8) is 0 Å². The molecule has 0 radical (unpaired) electrons. The van der Waals surface area contributed by atoms with Crippen molar-refractivity contribution in [3.05, 3.63) is 38.2 Å². The molecule has 0 aromatic carbocycles. The van der Waals surface area contributed by atoms with E-state index in [0.717, 1.165) is 6.08 Å². The lowest BCUT2D eigenvalue weighted by molar-refractivity contribution is -0.137. The average Bonchev–Trinajstić information content (AvgIpc) is 2.16. The van der Waals surface area contributed by atoms with Gasteiger partial charge in [-0.2, -0.15) is 0 Å². The number of aromatic nitrogens is 2. The van der Waals surface area contributed by atoms with Crippen LogP contribution >= 0.6 is 0 Å². The molecule has 0 aliphatic rings. The van der Waals surface area contributed by atoms with Crippen molar-refractivity contribution in [2.45, 2.75) is 13.8 Å². The molecule has 0 fully saturated rings. The highest BCUT2D eigenvalue weighted by molar-refractivity contribution is 5.87. The molecule has 86 valence electrons. The second kappa shape index (κ2) is 5.11. The van der Waals surface area contributed by atoms with Gasteiger partial charge in [0.15, 0.2) is 0 Å². The molecular formula is C10H12N2O4. The van der Waals surface area contributed by atoms with Crippen LogP contribution < -0.4 is 11.2 Å². The summed E-state index contributed by atoms with van der Waals surface area (Å²) < 4.78 is 4.66. The molecule has 0 bridgehead atoms. The Morgan fingerprint density at radius 2 is 2.06 bits per heavy atom. The second-order valence-electron chi connectivity index (χ2n) is 3.03. The largest absolute Gasteiger partial charge is 0.463 e. The lowest BCUT2D eigenvalue weighted by Crippen LogP contribution is -2.25. The summed E-state index contributed by atoms with van der Waals surface area (Å²) in [4.78, 5) is 37.7. The highest BCUT2D eigenvalue weighted by Crippen LogP contribution is 1.98. The van der Waals surface area contributed by atoms with Gasteiger partial charge in [-0.25, -0.2) is 9.59 Å². The van der Waals surface area contributed by atoms with E-state index in [1.807, 2.05) is 0 Å². The van der Waals surface area contributed by atoms with E-state index >= 15 is 0 Å². The van der Waals surface area contributed by atoms with Crippen LogP contribution in [0.2, 0.25) is 0 Å². The molecule has 0 spiro atoms. The number of aromatic amines is 2. The van der Waals surface area contributed by atoms with Gasteiger partial charge in [-0.15, -0.1) is 0 Å². The molecule has 1 aromatic rings. The standard InChI is InChI=1S/C10H12N2O4/c1-3-16-8(13)5-4-7-6(2)11-10(15)12-9(7)14/h4-5H,3H2,1-2H3,(H2,11,12,14,15)/b5-4+. The second-order valence-corrected chi connectivity index (χ2v) is 3.03. The molecule has 16 heavy (non-hydrogen) atoms. The minimum Gasteiger partial charge on any atom is -0.463 e. The number of aryl methyl sites for hydroxylation is 1. The number of carbonyl (C=O) groups is 1. The van der Waals surface area contributed by atoms with Crippen molar-refractivity contribution in [3.8, 4) is 0 Å². The van der Waals surface area contributed by atoms with Crippen LogP contribution in [-0.4, -0.2) is 22.5 Å². The number of ether oxygens (including phenoxy) is 1. The monoisotopic (exact) mass is 224 g/mol. The van der Waals surface area contributed by atoms with Gasteiger partial charge in [0.1, 0.15) is 0 Å². The topological polar surface area (TPSA) is 92.0 Å². The predicted molar refractivity (Wildman–Crippen MR) is 58.1 cm³/mol. The Hall–Kier alpha value is -2.11. The van der Waals surface area contributed by atoms with Crippen molar-refractivity contribution in [1.29, 1.82) is 0 Å². The molecule has 0 saturated carbocycles. The zero-order chi connectivity index (χ0) is 12.1. The molecule has 1 aromatic heterocycles. The Bertz CT molecular complexity index is 524. The van der Waals surface area contributed by atoms with Crippen LogP contribution in [0.25, 0.3) is 6.08 Å². The van der Waals surface area contributed by atoms with Gasteiger partial charge in [0.25, 0.3) is 5.56 Å². The van der Waals surface area contributed by atoms with E-state index in [1.54, 1.807) is 13.8 Å². The first kappa shape index (κ1) is 12.0. The van der Waals surface area contributed by atoms with Crippen LogP contribution in [0.4, 0.5) is 0 Å². The maximum Gasteiger partial charge on any atom is 0.330 e. The van der Waals surface area contributed by atoms with E-state index in [4.69, 9.17) is 0 Å². The number of carbonyl (C=O) groups excluding carboxylic acids is 1. The summed E-state index contributed by atoms with van der Waals surface area (Å²) in [5, 5.41) is 0. The molecule has 6 nitrogen and oxygen atoms in total. The molecule has 0 saturated heterocycles. The Morgan fingerprint density at radius 1 is 1.38 bits per heavy atom. The van der Waals surface area contributed by atoms with E-state index in [9.17, 15) is 14.4 Å². The maximum absolute atomic E-state index is 11.4. The molecule has 1 rings (SSSR count). The van der Waals surface area contributed by atoms with Gasteiger partial charge in [0.2, 0.25) is 0 Å². The molecule has 0 amide bonds. The predicted octanol–water partition coefficient (Wildman–Crippen LogP) is -0.0521. The number of hydrogen-bond acceptors (Lipinski definition) is 4. The fourth-order valence-electron chi connectivity index (χ4n) is 1.15. The first-order valence-electron chi connectivity index (χ1n) is 4.72. The van der Waals surface area contributed by atoms with E-state index < -0.39 is 17.2 Å². The molecule has 0 unspecified atom stereocenters. The lowest BCUT2D eigenvalue weighted by atomic mass is 10.2. The number of H-pyrrole nitrogens is 2.